The Labute approximate surface area is 238 Å². The van der Waals surface area contributed by atoms with Crippen molar-refractivity contribution in [1.29, 1.82) is 5.26 Å². The molecule has 0 spiro atoms. The molecule has 0 aromatic heterocycles. The molecule has 3 rings (SSSR count). The molecule has 220 valence electrons. The van der Waals surface area contributed by atoms with Gasteiger partial charge in [0, 0.05) is 12.2 Å². The van der Waals surface area contributed by atoms with E-state index < -0.39 is 35.9 Å². The quantitative estimate of drug-likeness (QED) is 0.417. The molecule has 0 bridgehead atoms. The molecular formula is C30H45N5O5. The number of carbonyl (C=O) groups excluding carboxylic acids is 4. The molecule has 1 heterocycles. The predicted octanol–water partition coefficient (Wildman–Crippen LogP) is 4.23. The summed E-state index contributed by atoms with van der Waals surface area (Å²) in [4.78, 5) is 51.7. The van der Waals surface area contributed by atoms with Crippen molar-refractivity contribution in [3.8, 4) is 6.07 Å². The number of anilines is 1. The summed E-state index contributed by atoms with van der Waals surface area (Å²) in [6.45, 7) is 12.4. The number of amides is 4. The Hall–Kier alpha value is -3.61. The minimum Gasteiger partial charge on any atom is -0.446 e. The largest absolute Gasteiger partial charge is 0.446 e. The topological polar surface area (TPSA) is 141 Å². The molecule has 2 fully saturated rings. The number of nitrogens with one attached hydrogen (secondary N) is 3. The van der Waals surface area contributed by atoms with E-state index in [-0.39, 0.29) is 37.4 Å². The van der Waals surface area contributed by atoms with Gasteiger partial charge in [0.15, 0.2) is 0 Å². The summed E-state index contributed by atoms with van der Waals surface area (Å²) >= 11 is 0. The first-order chi connectivity index (χ1) is 18.8. The van der Waals surface area contributed by atoms with Crippen LogP contribution in [0, 0.1) is 28.6 Å². The van der Waals surface area contributed by atoms with Gasteiger partial charge in [-0.3, -0.25) is 14.4 Å². The summed E-state index contributed by atoms with van der Waals surface area (Å²) in [6.07, 6.45) is 2.52. The fraction of sp³-hybridized carbons (Fsp3) is 0.633. The van der Waals surface area contributed by atoms with Crippen LogP contribution >= 0.6 is 0 Å². The lowest BCUT2D eigenvalue weighted by molar-refractivity contribution is -0.133. The van der Waals surface area contributed by atoms with E-state index in [4.69, 9.17) is 4.74 Å². The van der Waals surface area contributed by atoms with Crippen molar-refractivity contribution in [3.05, 3.63) is 30.3 Å². The second-order valence-electron chi connectivity index (χ2n) is 12.5. The van der Waals surface area contributed by atoms with E-state index in [0.29, 0.717) is 17.5 Å². The molecule has 1 aliphatic heterocycles. The fourth-order valence-electron chi connectivity index (χ4n) is 4.10. The normalized spacial score (nSPS) is 19.3. The van der Waals surface area contributed by atoms with Gasteiger partial charge in [0.05, 0.1) is 18.5 Å². The minimum absolute atomic E-state index is 0.0903. The van der Waals surface area contributed by atoms with Crippen LogP contribution in [-0.2, 0) is 19.1 Å². The molecule has 3 atom stereocenters. The van der Waals surface area contributed by atoms with Gasteiger partial charge in [-0.2, -0.15) is 5.26 Å². The summed E-state index contributed by atoms with van der Waals surface area (Å²) in [6, 6.07) is 9.44. The number of nitrogens with zero attached hydrogens (tertiary/aromatic N) is 2. The van der Waals surface area contributed by atoms with Gasteiger partial charge in [0.1, 0.15) is 18.2 Å². The average molecular weight is 556 g/mol. The predicted molar refractivity (Wildman–Crippen MR) is 153 cm³/mol. The standard InChI is InChI=1S/C25H33N5O5.C5H12/c1-16(2)11-21(29-25(34)35-20-9-6-10-20)24(33)27-14-22(31)30-15-17(12-19(30)13-26)23(32)28-18-7-4-3-5-8-18;1-5(2,3)4/h3-5,7-8,16-17,19-21H,6,9-12,14-15H2,1-2H3,(H,27,33)(H,28,32)(H,29,34);1-4H3. The van der Waals surface area contributed by atoms with E-state index in [9.17, 15) is 24.4 Å². The van der Waals surface area contributed by atoms with Crippen molar-refractivity contribution >= 4 is 29.5 Å². The van der Waals surface area contributed by atoms with Crippen molar-refractivity contribution in [3.63, 3.8) is 0 Å². The van der Waals surface area contributed by atoms with E-state index in [1.807, 2.05) is 19.9 Å². The van der Waals surface area contributed by atoms with Crippen LogP contribution in [0.25, 0.3) is 0 Å². The number of alkyl carbamates (subject to hydrolysis) is 1. The third-order valence-corrected chi connectivity index (χ3v) is 6.24. The van der Waals surface area contributed by atoms with Gasteiger partial charge < -0.3 is 25.6 Å². The SMILES string of the molecule is CC(C)(C)C.CC(C)CC(NC(=O)OC1CCC1)C(=O)NCC(=O)N1CC(C(=O)Nc2ccccc2)CC1C#N. The van der Waals surface area contributed by atoms with Crippen molar-refractivity contribution in [1.82, 2.24) is 15.5 Å². The second kappa shape index (κ2) is 15.2. The number of hydrogen-bond acceptors (Lipinski definition) is 6. The van der Waals surface area contributed by atoms with Crippen LogP contribution in [0.3, 0.4) is 0 Å². The van der Waals surface area contributed by atoms with Gasteiger partial charge in [-0.15, -0.1) is 0 Å². The van der Waals surface area contributed by atoms with Gasteiger partial charge in [-0.25, -0.2) is 4.79 Å². The van der Waals surface area contributed by atoms with Gasteiger partial charge in [-0.05, 0) is 55.6 Å². The maximum absolute atomic E-state index is 12.8. The highest BCUT2D eigenvalue weighted by molar-refractivity contribution is 5.94. The van der Waals surface area contributed by atoms with E-state index in [2.05, 4.69) is 49.7 Å². The lowest BCUT2D eigenvalue weighted by Gasteiger charge is -2.27. The van der Waals surface area contributed by atoms with Crippen LogP contribution < -0.4 is 16.0 Å². The molecule has 10 nitrogen and oxygen atoms in total. The zero-order valence-corrected chi connectivity index (χ0v) is 24.7. The summed E-state index contributed by atoms with van der Waals surface area (Å²) in [5, 5.41) is 17.5. The lowest BCUT2D eigenvalue weighted by atomic mass is 9.96. The van der Waals surface area contributed by atoms with Crippen LogP contribution in [0.5, 0.6) is 0 Å². The first-order valence-corrected chi connectivity index (χ1v) is 14.1. The third-order valence-electron chi connectivity index (χ3n) is 6.24. The molecule has 1 saturated heterocycles. The summed E-state index contributed by atoms with van der Waals surface area (Å²) in [7, 11) is 0. The lowest BCUT2D eigenvalue weighted by Crippen LogP contribution is -2.51. The van der Waals surface area contributed by atoms with Crippen molar-refractivity contribution in [2.45, 2.75) is 91.8 Å². The molecule has 10 heteroatoms. The molecule has 1 aromatic carbocycles. The number of hydrogen-bond donors (Lipinski definition) is 3. The highest BCUT2D eigenvalue weighted by Crippen LogP contribution is 2.25. The Balaban J connectivity index is 0.00000103. The molecule has 1 aliphatic carbocycles. The molecule has 3 N–H and O–H groups in total. The van der Waals surface area contributed by atoms with Crippen LogP contribution in [0.4, 0.5) is 10.5 Å². The Bertz CT molecular complexity index is 1040. The molecule has 40 heavy (non-hydrogen) atoms. The number of carbonyl (C=O) groups is 4. The first kappa shape index (κ1) is 32.6. The number of ether oxygens (including phenoxy) is 1. The van der Waals surface area contributed by atoms with Crippen molar-refractivity contribution in [2.75, 3.05) is 18.4 Å². The van der Waals surface area contributed by atoms with Gasteiger partial charge in [0.25, 0.3) is 0 Å². The molecule has 0 radical (unpaired) electrons. The number of nitriles is 1. The minimum atomic E-state index is -0.842. The zero-order valence-electron chi connectivity index (χ0n) is 24.7. The second-order valence-corrected chi connectivity index (χ2v) is 12.5. The molecule has 3 unspecified atom stereocenters. The maximum atomic E-state index is 12.8. The van der Waals surface area contributed by atoms with Crippen LogP contribution in [-0.4, -0.2) is 60.0 Å². The summed E-state index contributed by atoms with van der Waals surface area (Å²) in [5.74, 6) is -1.63. The summed E-state index contributed by atoms with van der Waals surface area (Å²) in [5.41, 5.74) is 1.14. The highest BCUT2D eigenvalue weighted by atomic mass is 16.6. The monoisotopic (exact) mass is 555 g/mol. The Kier molecular flexibility index (Phi) is 12.4. The number of likely N-dealkylation sites (tertiary alicyclic amines) is 1. The summed E-state index contributed by atoms with van der Waals surface area (Å²) < 4.78 is 5.28. The van der Waals surface area contributed by atoms with Crippen LogP contribution in [0.15, 0.2) is 30.3 Å². The Morgan fingerprint density at radius 1 is 1.10 bits per heavy atom. The molecule has 1 aromatic rings. The van der Waals surface area contributed by atoms with E-state index in [1.54, 1.807) is 24.3 Å². The Morgan fingerprint density at radius 2 is 1.73 bits per heavy atom. The number of para-hydroxylation sites is 1. The van der Waals surface area contributed by atoms with Crippen LogP contribution in [0.1, 0.15) is 73.6 Å². The molecule has 1 saturated carbocycles. The average Bonchev–Trinajstić information content (AvgIpc) is 3.28. The van der Waals surface area contributed by atoms with Crippen LogP contribution in [0.2, 0.25) is 0 Å². The highest BCUT2D eigenvalue weighted by Gasteiger charge is 2.39. The molecule has 4 amide bonds. The fourth-order valence-corrected chi connectivity index (χ4v) is 4.10. The maximum Gasteiger partial charge on any atom is 0.408 e. The van der Waals surface area contributed by atoms with E-state index >= 15 is 0 Å². The van der Waals surface area contributed by atoms with Gasteiger partial charge in [0.2, 0.25) is 17.7 Å². The van der Waals surface area contributed by atoms with Gasteiger partial charge >= 0.3 is 6.09 Å². The molecule has 2 aliphatic rings. The van der Waals surface area contributed by atoms with Crippen molar-refractivity contribution < 1.29 is 23.9 Å². The number of rotatable bonds is 9. The number of benzene rings is 1. The smallest absolute Gasteiger partial charge is 0.408 e. The first-order valence-electron chi connectivity index (χ1n) is 14.1. The van der Waals surface area contributed by atoms with E-state index in [1.165, 1.54) is 4.90 Å². The van der Waals surface area contributed by atoms with Gasteiger partial charge in [-0.1, -0.05) is 59.7 Å². The third kappa shape index (κ3) is 11.6. The zero-order chi connectivity index (χ0) is 29.9. The molecular weight excluding hydrogens is 510 g/mol. The Morgan fingerprint density at radius 3 is 2.25 bits per heavy atom. The van der Waals surface area contributed by atoms with E-state index in [0.717, 1.165) is 19.3 Å². The van der Waals surface area contributed by atoms with Crippen molar-refractivity contribution in [2.24, 2.45) is 17.3 Å².